The van der Waals surface area contributed by atoms with Crippen LogP contribution in [0.15, 0.2) is 90.5 Å². The number of hydrogen-bond acceptors (Lipinski definition) is 5. The van der Waals surface area contributed by atoms with Crippen molar-refractivity contribution in [3.05, 3.63) is 112 Å². The molecule has 0 unspecified atom stereocenters. The van der Waals surface area contributed by atoms with E-state index < -0.39 is 0 Å². The standard InChI is InChI=1S/C31H32N4O4/c36-29-23-28(30(24-9-3-1-4-10-24)25-11-5-2-6-12-25)31(37)34(29)18-8-7-17-32-19-21-33(22-20-32)26-13-15-27(16-14-26)35(38)39/h1-6,9-16H,7-8,17-23H2/p+1. The van der Waals surface area contributed by atoms with Gasteiger partial charge in [0.15, 0.2) is 0 Å². The van der Waals surface area contributed by atoms with Gasteiger partial charge in [-0.3, -0.25) is 24.6 Å². The highest BCUT2D eigenvalue weighted by Gasteiger charge is 2.36. The fraction of sp³-hybridized carbons (Fsp3) is 0.290. The van der Waals surface area contributed by atoms with Gasteiger partial charge in [-0.25, -0.2) is 0 Å². The van der Waals surface area contributed by atoms with Crippen LogP contribution in [-0.4, -0.2) is 60.9 Å². The molecule has 5 rings (SSSR count). The minimum absolute atomic E-state index is 0.108. The molecule has 2 fully saturated rings. The summed E-state index contributed by atoms with van der Waals surface area (Å²) < 4.78 is 0. The predicted octanol–water partition coefficient (Wildman–Crippen LogP) is 3.34. The second kappa shape index (κ2) is 12.0. The van der Waals surface area contributed by atoms with Gasteiger partial charge in [0, 0.05) is 29.9 Å². The van der Waals surface area contributed by atoms with Crippen LogP contribution in [0.3, 0.4) is 0 Å². The highest BCUT2D eigenvalue weighted by molar-refractivity contribution is 6.18. The number of quaternary nitrogens is 1. The number of likely N-dealkylation sites (tertiary alicyclic amines) is 1. The Kier molecular flexibility index (Phi) is 8.13. The molecule has 2 saturated heterocycles. The Morgan fingerprint density at radius 2 is 1.41 bits per heavy atom. The van der Waals surface area contributed by atoms with Crippen molar-refractivity contribution in [2.75, 3.05) is 44.2 Å². The molecule has 0 spiro atoms. The summed E-state index contributed by atoms with van der Waals surface area (Å²) >= 11 is 0. The van der Waals surface area contributed by atoms with E-state index in [2.05, 4.69) is 4.90 Å². The number of unbranched alkanes of at least 4 members (excludes halogenated alkanes) is 1. The average Bonchev–Trinajstić information content (AvgIpc) is 3.25. The topological polar surface area (TPSA) is 88.2 Å². The number of rotatable bonds is 9. The van der Waals surface area contributed by atoms with E-state index >= 15 is 0 Å². The molecule has 2 aliphatic heterocycles. The van der Waals surface area contributed by atoms with Gasteiger partial charge in [0.1, 0.15) is 0 Å². The van der Waals surface area contributed by atoms with Gasteiger partial charge in [-0.15, -0.1) is 0 Å². The first-order chi connectivity index (χ1) is 19.0. The molecular weight excluding hydrogens is 492 g/mol. The van der Waals surface area contributed by atoms with E-state index in [0.717, 1.165) is 68.0 Å². The second-order valence-electron chi connectivity index (χ2n) is 10.1. The third-order valence-electron chi connectivity index (χ3n) is 7.62. The lowest BCUT2D eigenvalue weighted by molar-refractivity contribution is -0.900. The number of nitrogens with one attached hydrogen (secondary N) is 1. The summed E-state index contributed by atoms with van der Waals surface area (Å²) in [6, 6.07) is 26.4. The van der Waals surface area contributed by atoms with Crippen LogP contribution < -0.4 is 9.80 Å². The van der Waals surface area contributed by atoms with Crippen molar-refractivity contribution >= 4 is 28.8 Å². The van der Waals surface area contributed by atoms with E-state index in [1.807, 2.05) is 72.8 Å². The zero-order valence-corrected chi connectivity index (χ0v) is 21.9. The number of nitrogens with zero attached hydrogens (tertiary/aromatic N) is 3. The first-order valence-corrected chi connectivity index (χ1v) is 13.5. The number of amides is 2. The summed E-state index contributed by atoms with van der Waals surface area (Å²) in [6.07, 6.45) is 1.85. The highest BCUT2D eigenvalue weighted by Crippen LogP contribution is 2.33. The van der Waals surface area contributed by atoms with Crippen molar-refractivity contribution in [1.82, 2.24) is 4.90 Å². The Morgan fingerprint density at radius 3 is 1.97 bits per heavy atom. The fourth-order valence-electron chi connectivity index (χ4n) is 5.51. The molecule has 3 aromatic rings. The van der Waals surface area contributed by atoms with Crippen LogP contribution in [0.4, 0.5) is 11.4 Å². The number of non-ortho nitro benzene ring substituents is 1. The number of anilines is 1. The highest BCUT2D eigenvalue weighted by atomic mass is 16.6. The smallest absolute Gasteiger partial charge is 0.269 e. The van der Waals surface area contributed by atoms with E-state index in [1.54, 1.807) is 12.1 Å². The van der Waals surface area contributed by atoms with Crippen LogP contribution in [0.1, 0.15) is 30.4 Å². The summed E-state index contributed by atoms with van der Waals surface area (Å²) in [7, 11) is 0. The summed E-state index contributed by atoms with van der Waals surface area (Å²) in [5.74, 6) is -0.296. The third kappa shape index (κ3) is 6.07. The lowest BCUT2D eigenvalue weighted by Gasteiger charge is -2.33. The van der Waals surface area contributed by atoms with Gasteiger partial charge in [-0.05, 0) is 41.7 Å². The van der Waals surface area contributed by atoms with Gasteiger partial charge in [0.25, 0.3) is 11.6 Å². The van der Waals surface area contributed by atoms with Gasteiger partial charge in [-0.2, -0.15) is 0 Å². The number of benzene rings is 3. The number of carbonyl (C=O) groups is 2. The van der Waals surface area contributed by atoms with Crippen LogP contribution in [0, 0.1) is 10.1 Å². The number of piperazine rings is 1. The van der Waals surface area contributed by atoms with Gasteiger partial charge in [0.05, 0.1) is 44.1 Å². The number of hydrogen-bond donors (Lipinski definition) is 1. The largest absolute Gasteiger partial charge is 0.360 e. The van der Waals surface area contributed by atoms with Crippen LogP contribution in [0.5, 0.6) is 0 Å². The van der Waals surface area contributed by atoms with Crippen molar-refractivity contribution in [1.29, 1.82) is 0 Å². The maximum absolute atomic E-state index is 13.4. The predicted molar refractivity (Wildman–Crippen MR) is 150 cm³/mol. The molecule has 2 amide bonds. The lowest BCUT2D eigenvalue weighted by Crippen LogP contribution is -3.14. The van der Waals surface area contributed by atoms with Crippen molar-refractivity contribution in [2.45, 2.75) is 19.3 Å². The quantitative estimate of drug-likeness (QED) is 0.152. The van der Waals surface area contributed by atoms with Gasteiger partial charge < -0.3 is 9.80 Å². The molecule has 0 saturated carbocycles. The molecule has 0 aliphatic carbocycles. The monoisotopic (exact) mass is 525 g/mol. The van der Waals surface area contributed by atoms with Crippen molar-refractivity contribution in [3.8, 4) is 0 Å². The molecule has 1 N–H and O–H groups in total. The third-order valence-corrected chi connectivity index (χ3v) is 7.62. The number of imide groups is 1. The Bertz CT molecular complexity index is 1310. The number of carbonyl (C=O) groups excluding carboxylic acids is 2. The van der Waals surface area contributed by atoms with Gasteiger partial charge in [0.2, 0.25) is 5.91 Å². The van der Waals surface area contributed by atoms with E-state index in [9.17, 15) is 19.7 Å². The first kappa shape index (κ1) is 26.3. The summed E-state index contributed by atoms with van der Waals surface area (Å²) in [5.41, 5.74) is 4.42. The summed E-state index contributed by atoms with van der Waals surface area (Å²) in [5, 5.41) is 10.9. The molecule has 3 aromatic carbocycles. The number of nitro groups is 1. The van der Waals surface area contributed by atoms with Crippen LogP contribution >= 0.6 is 0 Å². The molecule has 200 valence electrons. The molecule has 0 aromatic heterocycles. The van der Waals surface area contributed by atoms with Gasteiger partial charge in [-0.1, -0.05) is 60.7 Å². The van der Waals surface area contributed by atoms with E-state index in [4.69, 9.17) is 0 Å². The lowest BCUT2D eigenvalue weighted by atomic mass is 9.92. The van der Waals surface area contributed by atoms with E-state index in [-0.39, 0.29) is 28.8 Å². The molecule has 8 heteroatoms. The fourth-order valence-corrected chi connectivity index (χ4v) is 5.51. The van der Waals surface area contributed by atoms with Crippen molar-refractivity contribution in [2.24, 2.45) is 0 Å². The SMILES string of the molecule is O=C1CC(=C(c2ccccc2)c2ccccc2)C(=O)N1CCCC[NH+]1CCN(c2ccc([N+](=O)[O-])cc2)CC1. The average molecular weight is 526 g/mol. The Morgan fingerprint density at radius 1 is 0.821 bits per heavy atom. The van der Waals surface area contributed by atoms with Crippen molar-refractivity contribution < 1.29 is 19.4 Å². The maximum Gasteiger partial charge on any atom is 0.269 e. The molecule has 2 aliphatic rings. The summed E-state index contributed by atoms with van der Waals surface area (Å²) in [6.45, 7) is 5.21. The molecule has 8 nitrogen and oxygen atoms in total. The van der Waals surface area contributed by atoms with Crippen LogP contribution in [0.2, 0.25) is 0 Å². The zero-order chi connectivity index (χ0) is 27.2. The van der Waals surface area contributed by atoms with E-state index in [1.165, 1.54) is 9.80 Å². The molecule has 39 heavy (non-hydrogen) atoms. The minimum Gasteiger partial charge on any atom is -0.360 e. The zero-order valence-electron chi connectivity index (χ0n) is 21.9. The van der Waals surface area contributed by atoms with Crippen LogP contribution in [0.25, 0.3) is 5.57 Å². The minimum atomic E-state index is -0.377. The number of nitro benzene ring substituents is 1. The normalized spacial score (nSPS) is 16.2. The second-order valence-corrected chi connectivity index (χ2v) is 10.1. The Hall–Kier alpha value is -4.30. The van der Waals surface area contributed by atoms with Gasteiger partial charge >= 0.3 is 0 Å². The molecule has 0 radical (unpaired) electrons. The van der Waals surface area contributed by atoms with Crippen molar-refractivity contribution in [3.63, 3.8) is 0 Å². The molecule has 0 atom stereocenters. The van der Waals surface area contributed by atoms with E-state index in [0.29, 0.717) is 12.1 Å². The Labute approximate surface area is 228 Å². The Balaban J connectivity index is 1.15. The first-order valence-electron chi connectivity index (χ1n) is 13.5. The maximum atomic E-state index is 13.4. The molecule has 2 heterocycles. The van der Waals surface area contributed by atoms with Crippen LogP contribution in [-0.2, 0) is 9.59 Å². The molecular formula is C31H33N4O4+. The summed E-state index contributed by atoms with van der Waals surface area (Å²) in [4.78, 5) is 42.0. The molecule has 0 bridgehead atoms.